The fourth-order valence-corrected chi connectivity index (χ4v) is 1.93. The van der Waals surface area contributed by atoms with Crippen LogP contribution in [-0.2, 0) is 9.53 Å². The highest BCUT2D eigenvalue weighted by Gasteiger charge is 2.18. The molecule has 0 aliphatic carbocycles. The Morgan fingerprint density at radius 1 is 1.50 bits per heavy atom. The van der Waals surface area contributed by atoms with E-state index in [4.69, 9.17) is 22.7 Å². The standard InChI is InChI=1S/C14H21N3O2S/c1-5-19-13(18)8-17(9(2)3)12-7-11(14(15)20)6-10(4)16-12/h6-7,9H,5,8H2,1-4H3,(H2,15,20). The first-order valence-corrected chi connectivity index (χ1v) is 6.96. The lowest BCUT2D eigenvalue weighted by molar-refractivity contribution is -0.141. The summed E-state index contributed by atoms with van der Waals surface area (Å²) in [5.74, 6) is 0.400. The van der Waals surface area contributed by atoms with Gasteiger partial charge in [-0.25, -0.2) is 4.98 Å². The lowest BCUT2D eigenvalue weighted by atomic mass is 10.2. The van der Waals surface area contributed by atoms with Crippen molar-refractivity contribution in [3.63, 3.8) is 0 Å². The maximum Gasteiger partial charge on any atom is 0.325 e. The molecule has 0 atom stereocenters. The van der Waals surface area contributed by atoms with Gasteiger partial charge in [-0.1, -0.05) is 12.2 Å². The number of carbonyl (C=O) groups is 1. The van der Waals surface area contributed by atoms with Gasteiger partial charge in [0.1, 0.15) is 17.4 Å². The summed E-state index contributed by atoms with van der Waals surface area (Å²) in [4.78, 5) is 18.3. The molecular formula is C14H21N3O2S. The molecule has 1 aromatic heterocycles. The molecule has 0 aromatic carbocycles. The van der Waals surface area contributed by atoms with Gasteiger partial charge < -0.3 is 15.4 Å². The lowest BCUT2D eigenvalue weighted by Gasteiger charge is -2.27. The summed E-state index contributed by atoms with van der Waals surface area (Å²) in [5, 5.41) is 0. The van der Waals surface area contributed by atoms with Crippen molar-refractivity contribution in [1.29, 1.82) is 0 Å². The molecule has 0 aliphatic heterocycles. The predicted molar refractivity (Wildman–Crippen MR) is 84.0 cm³/mol. The van der Waals surface area contributed by atoms with Crippen LogP contribution in [0.5, 0.6) is 0 Å². The summed E-state index contributed by atoms with van der Waals surface area (Å²) in [5.41, 5.74) is 7.22. The van der Waals surface area contributed by atoms with Crippen LogP contribution in [0.1, 0.15) is 32.0 Å². The number of rotatable bonds is 6. The molecule has 0 unspecified atom stereocenters. The number of ether oxygens (including phenoxy) is 1. The highest BCUT2D eigenvalue weighted by atomic mass is 32.1. The summed E-state index contributed by atoms with van der Waals surface area (Å²) in [7, 11) is 0. The van der Waals surface area contributed by atoms with Gasteiger partial charge in [0.05, 0.1) is 6.61 Å². The van der Waals surface area contributed by atoms with Crippen molar-refractivity contribution in [2.24, 2.45) is 5.73 Å². The van der Waals surface area contributed by atoms with E-state index in [1.807, 2.05) is 31.7 Å². The Kier molecular flexibility index (Phi) is 5.88. The monoisotopic (exact) mass is 295 g/mol. The molecule has 0 bridgehead atoms. The lowest BCUT2D eigenvalue weighted by Crippen LogP contribution is -2.37. The fraction of sp³-hybridized carbons (Fsp3) is 0.500. The largest absolute Gasteiger partial charge is 0.465 e. The number of hydrogen-bond acceptors (Lipinski definition) is 5. The molecule has 110 valence electrons. The number of esters is 1. The number of anilines is 1. The summed E-state index contributed by atoms with van der Waals surface area (Å²) >= 11 is 5.00. The van der Waals surface area contributed by atoms with Gasteiger partial charge in [-0.2, -0.15) is 0 Å². The number of pyridine rings is 1. The topological polar surface area (TPSA) is 68.5 Å². The molecule has 0 fully saturated rings. The highest BCUT2D eigenvalue weighted by Crippen LogP contribution is 2.17. The molecule has 0 aliphatic rings. The van der Waals surface area contributed by atoms with Gasteiger partial charge in [0, 0.05) is 17.3 Å². The minimum Gasteiger partial charge on any atom is -0.465 e. The fourth-order valence-electron chi connectivity index (χ4n) is 1.81. The molecule has 0 saturated carbocycles. The number of aryl methyl sites for hydroxylation is 1. The van der Waals surface area contributed by atoms with E-state index in [1.165, 1.54) is 0 Å². The van der Waals surface area contributed by atoms with Gasteiger partial charge >= 0.3 is 5.97 Å². The van der Waals surface area contributed by atoms with Crippen molar-refractivity contribution >= 4 is 29.0 Å². The van der Waals surface area contributed by atoms with E-state index in [0.29, 0.717) is 17.4 Å². The number of hydrogen-bond donors (Lipinski definition) is 1. The highest BCUT2D eigenvalue weighted by molar-refractivity contribution is 7.80. The summed E-state index contributed by atoms with van der Waals surface area (Å²) in [6.07, 6.45) is 0. The summed E-state index contributed by atoms with van der Waals surface area (Å²) < 4.78 is 4.99. The van der Waals surface area contributed by atoms with E-state index in [0.717, 1.165) is 11.3 Å². The van der Waals surface area contributed by atoms with Crippen LogP contribution in [0, 0.1) is 6.92 Å². The van der Waals surface area contributed by atoms with Crippen LogP contribution >= 0.6 is 12.2 Å². The number of aromatic nitrogens is 1. The molecule has 1 heterocycles. The molecule has 0 radical (unpaired) electrons. The third-order valence-corrected chi connectivity index (χ3v) is 2.98. The Balaban J connectivity index is 3.08. The maximum atomic E-state index is 11.7. The van der Waals surface area contributed by atoms with Crippen molar-refractivity contribution in [2.75, 3.05) is 18.1 Å². The van der Waals surface area contributed by atoms with Gasteiger partial charge in [0.2, 0.25) is 0 Å². The minimum absolute atomic E-state index is 0.105. The Bertz CT molecular complexity index is 503. The van der Waals surface area contributed by atoms with Crippen molar-refractivity contribution in [1.82, 2.24) is 4.98 Å². The van der Waals surface area contributed by atoms with Crippen molar-refractivity contribution in [3.05, 3.63) is 23.4 Å². The molecular weight excluding hydrogens is 274 g/mol. The SMILES string of the molecule is CCOC(=O)CN(c1cc(C(N)=S)cc(C)n1)C(C)C. The average molecular weight is 295 g/mol. The van der Waals surface area contributed by atoms with Crippen LogP contribution in [-0.4, -0.2) is 35.1 Å². The van der Waals surface area contributed by atoms with E-state index in [2.05, 4.69) is 4.98 Å². The first kappa shape index (κ1) is 16.4. The number of thiocarbonyl (C=S) groups is 1. The summed E-state index contributed by atoms with van der Waals surface area (Å²) in [6, 6.07) is 3.73. The Morgan fingerprint density at radius 2 is 2.15 bits per heavy atom. The van der Waals surface area contributed by atoms with Gasteiger partial charge in [-0.15, -0.1) is 0 Å². The zero-order valence-electron chi connectivity index (χ0n) is 12.3. The zero-order valence-corrected chi connectivity index (χ0v) is 13.2. The third-order valence-electron chi connectivity index (χ3n) is 2.75. The van der Waals surface area contributed by atoms with Gasteiger partial charge in [-0.3, -0.25) is 4.79 Å². The van der Waals surface area contributed by atoms with Crippen LogP contribution < -0.4 is 10.6 Å². The van der Waals surface area contributed by atoms with Crippen LogP contribution in [0.3, 0.4) is 0 Å². The van der Waals surface area contributed by atoms with E-state index in [1.54, 1.807) is 13.0 Å². The maximum absolute atomic E-state index is 11.7. The molecule has 20 heavy (non-hydrogen) atoms. The molecule has 6 heteroatoms. The molecule has 1 aromatic rings. The molecule has 1 rings (SSSR count). The number of nitrogens with two attached hydrogens (primary N) is 1. The molecule has 2 N–H and O–H groups in total. The molecule has 0 amide bonds. The van der Waals surface area contributed by atoms with Crippen molar-refractivity contribution in [3.8, 4) is 0 Å². The van der Waals surface area contributed by atoms with Crippen LogP contribution in [0.2, 0.25) is 0 Å². The van der Waals surface area contributed by atoms with Crippen LogP contribution in [0.25, 0.3) is 0 Å². The second-order valence-electron chi connectivity index (χ2n) is 4.75. The second kappa shape index (κ2) is 7.19. The number of carbonyl (C=O) groups excluding carboxylic acids is 1. The van der Waals surface area contributed by atoms with Crippen molar-refractivity contribution in [2.45, 2.75) is 33.7 Å². The zero-order chi connectivity index (χ0) is 15.3. The van der Waals surface area contributed by atoms with E-state index >= 15 is 0 Å². The average Bonchev–Trinajstić information content (AvgIpc) is 2.35. The van der Waals surface area contributed by atoms with Crippen LogP contribution in [0.15, 0.2) is 12.1 Å². The Hall–Kier alpha value is -1.69. The second-order valence-corrected chi connectivity index (χ2v) is 5.19. The third kappa shape index (κ3) is 4.45. The van der Waals surface area contributed by atoms with E-state index in [-0.39, 0.29) is 18.6 Å². The van der Waals surface area contributed by atoms with E-state index < -0.39 is 0 Å². The van der Waals surface area contributed by atoms with Gasteiger partial charge in [-0.05, 0) is 39.8 Å². The first-order chi connectivity index (χ1) is 9.35. The van der Waals surface area contributed by atoms with Crippen LogP contribution in [0.4, 0.5) is 5.82 Å². The minimum atomic E-state index is -0.276. The van der Waals surface area contributed by atoms with E-state index in [9.17, 15) is 4.79 Å². The molecule has 0 spiro atoms. The van der Waals surface area contributed by atoms with Crippen molar-refractivity contribution < 1.29 is 9.53 Å². The normalized spacial score (nSPS) is 10.4. The quantitative estimate of drug-likeness (QED) is 0.637. The first-order valence-electron chi connectivity index (χ1n) is 6.56. The molecule has 0 saturated heterocycles. The van der Waals surface area contributed by atoms with Gasteiger partial charge in [0.15, 0.2) is 0 Å². The Morgan fingerprint density at radius 3 is 2.65 bits per heavy atom. The summed E-state index contributed by atoms with van der Waals surface area (Å²) in [6.45, 7) is 8.15. The number of nitrogens with zero attached hydrogens (tertiary/aromatic N) is 2. The molecule has 5 nitrogen and oxygen atoms in total. The van der Waals surface area contributed by atoms with Gasteiger partial charge in [0.25, 0.3) is 0 Å². The Labute approximate surface area is 125 Å². The predicted octanol–water partition coefficient (Wildman–Crippen LogP) is 1.80. The smallest absolute Gasteiger partial charge is 0.325 e.